The second kappa shape index (κ2) is 4.11. The molecule has 1 aromatic heterocycles. The van der Waals surface area contributed by atoms with E-state index in [0.29, 0.717) is 5.92 Å². The van der Waals surface area contributed by atoms with Crippen molar-refractivity contribution >= 4 is 22.5 Å². The molecule has 1 aromatic carbocycles. The van der Waals surface area contributed by atoms with Crippen molar-refractivity contribution in [2.24, 2.45) is 0 Å². The first-order valence-electron chi connectivity index (χ1n) is 5.82. The molecule has 2 aromatic rings. The number of nitrogens with one attached hydrogen (secondary N) is 2. The van der Waals surface area contributed by atoms with Crippen molar-refractivity contribution in [3.05, 3.63) is 35.0 Å². The van der Waals surface area contributed by atoms with E-state index < -0.39 is 0 Å². The predicted octanol–water partition coefficient (Wildman–Crippen LogP) is 3.29. The van der Waals surface area contributed by atoms with Crippen molar-refractivity contribution in [1.82, 2.24) is 10.3 Å². The molecule has 1 atom stereocenters. The van der Waals surface area contributed by atoms with Crippen molar-refractivity contribution in [1.29, 1.82) is 0 Å². The van der Waals surface area contributed by atoms with Gasteiger partial charge in [-0.15, -0.1) is 0 Å². The number of rotatable bonds is 1. The molecular formula is C13H15ClN2. The number of piperidine rings is 1. The van der Waals surface area contributed by atoms with Crippen LogP contribution in [-0.2, 0) is 0 Å². The van der Waals surface area contributed by atoms with Gasteiger partial charge >= 0.3 is 0 Å². The van der Waals surface area contributed by atoms with Crippen molar-refractivity contribution in [2.45, 2.75) is 18.8 Å². The van der Waals surface area contributed by atoms with Gasteiger partial charge < -0.3 is 10.3 Å². The minimum atomic E-state index is 0.643. The maximum atomic E-state index is 6.14. The topological polar surface area (TPSA) is 27.8 Å². The molecule has 0 aliphatic carbocycles. The van der Waals surface area contributed by atoms with Gasteiger partial charge in [-0.3, -0.25) is 0 Å². The second-order valence-electron chi connectivity index (χ2n) is 4.48. The molecule has 3 heteroatoms. The first kappa shape index (κ1) is 10.2. The Morgan fingerprint density at radius 2 is 2.25 bits per heavy atom. The monoisotopic (exact) mass is 234 g/mol. The summed E-state index contributed by atoms with van der Waals surface area (Å²) in [4.78, 5) is 3.17. The van der Waals surface area contributed by atoms with Crippen LogP contribution in [0.4, 0.5) is 0 Å². The van der Waals surface area contributed by atoms with E-state index in [1.54, 1.807) is 0 Å². The smallest absolute Gasteiger partial charge is 0.0659 e. The number of H-pyrrole nitrogens is 1. The molecule has 2 heterocycles. The summed E-state index contributed by atoms with van der Waals surface area (Å²) in [5.41, 5.74) is 2.53. The number of hydrogen-bond donors (Lipinski definition) is 2. The van der Waals surface area contributed by atoms with Gasteiger partial charge in [0.2, 0.25) is 0 Å². The van der Waals surface area contributed by atoms with E-state index in [9.17, 15) is 0 Å². The largest absolute Gasteiger partial charge is 0.360 e. The van der Waals surface area contributed by atoms with Crippen molar-refractivity contribution in [3.8, 4) is 0 Å². The number of hydrogen-bond acceptors (Lipinski definition) is 1. The van der Waals surface area contributed by atoms with Crippen LogP contribution in [0.2, 0.25) is 5.02 Å². The van der Waals surface area contributed by atoms with Crippen LogP contribution in [0.25, 0.3) is 10.9 Å². The standard InChI is InChI=1S/C13H15ClN2/c14-12-8-16-13-4-3-9(6-11(12)13)10-2-1-5-15-7-10/h3-4,6,8,10,15-16H,1-2,5,7H2. The van der Waals surface area contributed by atoms with Crippen molar-refractivity contribution < 1.29 is 0 Å². The van der Waals surface area contributed by atoms with Crippen LogP contribution >= 0.6 is 11.6 Å². The Kier molecular flexibility index (Phi) is 2.62. The minimum Gasteiger partial charge on any atom is -0.360 e. The first-order valence-corrected chi connectivity index (χ1v) is 6.19. The van der Waals surface area contributed by atoms with Gasteiger partial charge in [0.1, 0.15) is 0 Å². The third-order valence-electron chi connectivity index (χ3n) is 3.42. The van der Waals surface area contributed by atoms with Crippen LogP contribution in [0.15, 0.2) is 24.4 Å². The third-order valence-corrected chi connectivity index (χ3v) is 3.74. The van der Waals surface area contributed by atoms with Gasteiger partial charge in [-0.2, -0.15) is 0 Å². The van der Waals surface area contributed by atoms with E-state index in [4.69, 9.17) is 11.6 Å². The minimum absolute atomic E-state index is 0.643. The van der Waals surface area contributed by atoms with E-state index in [0.717, 1.165) is 29.0 Å². The van der Waals surface area contributed by atoms with E-state index in [2.05, 4.69) is 28.5 Å². The Hall–Kier alpha value is -0.990. The number of aromatic amines is 1. The maximum absolute atomic E-state index is 6.14. The number of benzene rings is 1. The molecule has 0 bridgehead atoms. The molecular weight excluding hydrogens is 220 g/mol. The van der Waals surface area contributed by atoms with Crippen molar-refractivity contribution in [3.63, 3.8) is 0 Å². The average Bonchev–Trinajstić information content (AvgIpc) is 2.72. The molecule has 1 aliphatic heterocycles. The Bertz CT molecular complexity index is 498. The average molecular weight is 235 g/mol. The van der Waals surface area contributed by atoms with Gasteiger partial charge in [0.25, 0.3) is 0 Å². The highest BCUT2D eigenvalue weighted by Gasteiger charge is 2.15. The normalized spacial score (nSPS) is 21.4. The van der Waals surface area contributed by atoms with Gasteiger partial charge in [0.05, 0.1) is 5.02 Å². The SMILES string of the molecule is Clc1c[nH]c2ccc(C3CCCNC3)cc12. The van der Waals surface area contributed by atoms with E-state index in [1.165, 1.54) is 18.4 Å². The number of halogens is 1. The zero-order chi connectivity index (χ0) is 11.0. The van der Waals surface area contributed by atoms with E-state index in [1.807, 2.05) is 6.20 Å². The zero-order valence-corrected chi connectivity index (χ0v) is 9.85. The highest BCUT2D eigenvalue weighted by atomic mass is 35.5. The second-order valence-corrected chi connectivity index (χ2v) is 4.89. The van der Waals surface area contributed by atoms with Crippen LogP contribution in [-0.4, -0.2) is 18.1 Å². The van der Waals surface area contributed by atoms with Crippen LogP contribution in [0.5, 0.6) is 0 Å². The van der Waals surface area contributed by atoms with Crippen LogP contribution < -0.4 is 5.32 Å². The molecule has 0 amide bonds. The molecule has 2 N–H and O–H groups in total. The summed E-state index contributed by atoms with van der Waals surface area (Å²) >= 11 is 6.14. The summed E-state index contributed by atoms with van der Waals surface area (Å²) in [6.45, 7) is 2.25. The molecule has 0 spiro atoms. The zero-order valence-electron chi connectivity index (χ0n) is 9.09. The van der Waals surface area contributed by atoms with Gasteiger partial charge in [-0.25, -0.2) is 0 Å². The lowest BCUT2D eigenvalue weighted by atomic mass is 9.91. The first-order chi connectivity index (χ1) is 7.84. The lowest BCUT2D eigenvalue weighted by molar-refractivity contribution is 0.462. The third kappa shape index (κ3) is 1.72. The number of fused-ring (bicyclic) bond motifs is 1. The molecule has 3 rings (SSSR count). The maximum Gasteiger partial charge on any atom is 0.0659 e. The summed E-state index contributed by atoms with van der Waals surface area (Å²) in [6.07, 6.45) is 4.40. The van der Waals surface area contributed by atoms with Crippen molar-refractivity contribution in [2.75, 3.05) is 13.1 Å². The molecule has 0 radical (unpaired) electrons. The highest BCUT2D eigenvalue weighted by Crippen LogP contribution is 2.29. The summed E-state index contributed by atoms with van der Waals surface area (Å²) in [6, 6.07) is 6.57. The van der Waals surface area contributed by atoms with Crippen LogP contribution in [0.3, 0.4) is 0 Å². The Morgan fingerprint density at radius 3 is 3.06 bits per heavy atom. The fourth-order valence-corrected chi connectivity index (χ4v) is 2.71. The fraction of sp³-hybridized carbons (Fsp3) is 0.385. The summed E-state index contributed by atoms with van der Waals surface area (Å²) in [5, 5.41) is 5.41. The molecule has 0 saturated carbocycles. The Morgan fingerprint density at radius 1 is 1.31 bits per heavy atom. The lowest BCUT2D eigenvalue weighted by Gasteiger charge is -2.23. The fourth-order valence-electron chi connectivity index (χ4n) is 2.49. The molecule has 16 heavy (non-hydrogen) atoms. The molecule has 2 nitrogen and oxygen atoms in total. The Labute approximate surface area is 100.0 Å². The van der Waals surface area contributed by atoms with E-state index >= 15 is 0 Å². The summed E-state index contributed by atoms with van der Waals surface area (Å²) < 4.78 is 0. The quantitative estimate of drug-likeness (QED) is 0.779. The summed E-state index contributed by atoms with van der Waals surface area (Å²) in [5.74, 6) is 0.643. The molecule has 1 aliphatic rings. The lowest BCUT2D eigenvalue weighted by Crippen LogP contribution is -2.28. The highest BCUT2D eigenvalue weighted by molar-refractivity contribution is 6.35. The summed E-state index contributed by atoms with van der Waals surface area (Å²) in [7, 11) is 0. The van der Waals surface area contributed by atoms with Gasteiger partial charge in [0.15, 0.2) is 0 Å². The predicted molar refractivity (Wildman–Crippen MR) is 68.2 cm³/mol. The molecule has 84 valence electrons. The van der Waals surface area contributed by atoms with Crippen LogP contribution in [0.1, 0.15) is 24.3 Å². The van der Waals surface area contributed by atoms with Gasteiger partial charge in [0, 0.05) is 23.6 Å². The molecule has 1 saturated heterocycles. The van der Waals surface area contributed by atoms with Crippen LogP contribution in [0, 0.1) is 0 Å². The Balaban J connectivity index is 1.99. The molecule has 1 unspecified atom stereocenters. The number of aromatic nitrogens is 1. The van der Waals surface area contributed by atoms with Gasteiger partial charge in [-0.1, -0.05) is 17.7 Å². The molecule has 1 fully saturated rings. The van der Waals surface area contributed by atoms with Gasteiger partial charge in [-0.05, 0) is 43.0 Å². The van der Waals surface area contributed by atoms with E-state index in [-0.39, 0.29) is 0 Å².